The minimum Gasteiger partial charge on any atom is -0.323 e. The van der Waals surface area contributed by atoms with Crippen molar-refractivity contribution >= 4 is 39.0 Å². The van der Waals surface area contributed by atoms with Crippen molar-refractivity contribution < 1.29 is 9.63 Å². The van der Waals surface area contributed by atoms with Crippen molar-refractivity contribution in [1.82, 2.24) is 10.3 Å². The number of carbonyl (C=O) groups is 1. The average Bonchev–Trinajstić information content (AvgIpc) is 2.48. The highest BCUT2D eigenvalue weighted by Crippen LogP contribution is 2.44. The van der Waals surface area contributed by atoms with Gasteiger partial charge in [0.2, 0.25) is 0 Å². The van der Waals surface area contributed by atoms with Crippen molar-refractivity contribution in [1.29, 1.82) is 0 Å². The Labute approximate surface area is 109 Å². The third-order valence-electron chi connectivity index (χ3n) is 1.74. The molecule has 0 bridgehead atoms. The van der Waals surface area contributed by atoms with Crippen LogP contribution in [0.4, 0.5) is 4.79 Å². The quantitative estimate of drug-likeness (QED) is 0.615. The van der Waals surface area contributed by atoms with Gasteiger partial charge in [-0.2, -0.15) is 5.10 Å². The van der Waals surface area contributed by atoms with Crippen LogP contribution in [0.2, 0.25) is 0 Å². The van der Waals surface area contributed by atoms with E-state index >= 15 is 0 Å². The first-order valence-corrected chi connectivity index (χ1v) is 6.58. The zero-order chi connectivity index (χ0) is 13.1. The molecule has 1 rings (SSSR count). The summed E-state index contributed by atoms with van der Waals surface area (Å²) in [5.41, 5.74) is 0. The fourth-order valence-electron chi connectivity index (χ4n) is 0.950. The van der Waals surface area contributed by atoms with Crippen LogP contribution in [0, 0.1) is 0 Å². The monoisotopic (exact) mass is 276 g/mol. The molecule has 1 amide bonds. The van der Waals surface area contributed by atoms with Crippen molar-refractivity contribution in [2.45, 2.75) is 18.6 Å². The number of rotatable bonds is 2. The van der Waals surface area contributed by atoms with Gasteiger partial charge in [-0.3, -0.25) is 4.84 Å². The van der Waals surface area contributed by atoms with Crippen molar-refractivity contribution in [3.8, 4) is 0 Å². The number of hydrazone groups is 1. The van der Waals surface area contributed by atoms with E-state index in [1.54, 1.807) is 16.8 Å². The molecule has 0 radical (unpaired) electrons. The summed E-state index contributed by atoms with van der Waals surface area (Å²) in [5.74, 6) is 0. The predicted molar refractivity (Wildman–Crippen MR) is 73.4 cm³/mol. The van der Waals surface area contributed by atoms with Gasteiger partial charge in [-0.25, -0.2) is 4.79 Å². The second-order valence-corrected chi connectivity index (χ2v) is 6.80. The molecular formula is C9H16N4O2S2. The van der Waals surface area contributed by atoms with Gasteiger partial charge in [-0.1, -0.05) is 16.9 Å². The third kappa shape index (κ3) is 4.12. The zero-order valence-electron chi connectivity index (χ0n) is 10.5. The van der Waals surface area contributed by atoms with Gasteiger partial charge < -0.3 is 10.3 Å². The molecule has 1 aliphatic rings. The molecule has 96 valence electrons. The van der Waals surface area contributed by atoms with E-state index in [1.165, 1.54) is 18.8 Å². The summed E-state index contributed by atoms with van der Waals surface area (Å²) in [6.07, 6.45) is -0.572. The molecule has 6 nitrogen and oxygen atoms in total. The lowest BCUT2D eigenvalue weighted by molar-refractivity contribution is 0.153. The van der Waals surface area contributed by atoms with Gasteiger partial charge in [0.1, 0.15) is 5.04 Å². The number of hydrogen-bond acceptors (Lipinski definition) is 7. The standard InChI is InChI=1S/C9H16N4O2S2/c1-9(2)6(12-15-7(14)10-3)16-8(17-9)11-13(4)5/h1-5H3,(H,10,14)/b11-8+,12-6+. The highest BCUT2D eigenvalue weighted by molar-refractivity contribution is 8.50. The highest BCUT2D eigenvalue weighted by atomic mass is 32.2. The summed E-state index contributed by atoms with van der Waals surface area (Å²) in [6.45, 7) is 4.02. The van der Waals surface area contributed by atoms with E-state index in [9.17, 15) is 4.79 Å². The van der Waals surface area contributed by atoms with E-state index in [0.717, 1.165) is 9.42 Å². The van der Waals surface area contributed by atoms with Crippen LogP contribution in [0.3, 0.4) is 0 Å². The predicted octanol–water partition coefficient (Wildman–Crippen LogP) is 1.75. The maximum Gasteiger partial charge on any atom is 0.433 e. The number of amides is 1. The Bertz CT molecular complexity index is 366. The second-order valence-electron chi connectivity index (χ2n) is 3.95. The SMILES string of the molecule is CNC(=O)O/N=C1/S/C(=N\N(C)C)SC1(C)C. The molecule has 17 heavy (non-hydrogen) atoms. The molecule has 1 N–H and O–H groups in total. The molecule has 0 aliphatic carbocycles. The lowest BCUT2D eigenvalue weighted by Gasteiger charge is -2.13. The topological polar surface area (TPSA) is 66.3 Å². The van der Waals surface area contributed by atoms with Crippen LogP contribution < -0.4 is 5.32 Å². The van der Waals surface area contributed by atoms with Crippen LogP contribution >= 0.6 is 23.5 Å². The molecule has 1 aliphatic heterocycles. The lowest BCUT2D eigenvalue weighted by atomic mass is 10.2. The van der Waals surface area contributed by atoms with E-state index in [0.29, 0.717) is 0 Å². The second kappa shape index (κ2) is 5.63. The van der Waals surface area contributed by atoms with E-state index in [4.69, 9.17) is 4.84 Å². The summed E-state index contributed by atoms with van der Waals surface area (Å²) in [6, 6.07) is 0. The molecule has 8 heteroatoms. The van der Waals surface area contributed by atoms with Crippen molar-refractivity contribution in [2.24, 2.45) is 10.3 Å². The number of oxime groups is 1. The van der Waals surface area contributed by atoms with Gasteiger partial charge in [-0.15, -0.1) is 0 Å². The van der Waals surface area contributed by atoms with Gasteiger partial charge in [0.05, 0.1) is 4.75 Å². The van der Waals surface area contributed by atoms with Crippen molar-refractivity contribution in [2.75, 3.05) is 21.1 Å². The molecule has 0 spiro atoms. The van der Waals surface area contributed by atoms with Crippen LogP contribution in [0.1, 0.15) is 13.8 Å². The first kappa shape index (κ1) is 14.2. The van der Waals surface area contributed by atoms with Crippen LogP contribution in [-0.2, 0) is 4.84 Å². The minimum atomic E-state index is -0.572. The van der Waals surface area contributed by atoms with E-state index in [2.05, 4.69) is 15.6 Å². The van der Waals surface area contributed by atoms with E-state index in [1.807, 2.05) is 27.9 Å². The summed E-state index contributed by atoms with van der Waals surface area (Å²) in [7, 11) is 5.21. The molecule has 0 unspecified atom stereocenters. The normalized spacial score (nSPS) is 22.9. The Kier molecular flexibility index (Phi) is 4.70. The van der Waals surface area contributed by atoms with Gasteiger partial charge in [0, 0.05) is 21.1 Å². The zero-order valence-corrected chi connectivity index (χ0v) is 12.1. The number of carbonyl (C=O) groups excluding carboxylic acids is 1. The van der Waals surface area contributed by atoms with Crippen LogP contribution in [-0.4, -0.2) is 46.4 Å². The van der Waals surface area contributed by atoms with Crippen LogP contribution in [0.25, 0.3) is 0 Å². The number of nitrogens with one attached hydrogen (secondary N) is 1. The molecule has 1 heterocycles. The van der Waals surface area contributed by atoms with Gasteiger partial charge in [0.25, 0.3) is 0 Å². The van der Waals surface area contributed by atoms with Crippen molar-refractivity contribution in [3.05, 3.63) is 0 Å². The molecule has 1 saturated heterocycles. The lowest BCUT2D eigenvalue weighted by Crippen LogP contribution is -2.23. The Hall–Kier alpha value is -0.890. The molecule has 0 atom stereocenters. The molecule has 0 aromatic rings. The maximum absolute atomic E-state index is 10.9. The first-order chi connectivity index (χ1) is 7.85. The van der Waals surface area contributed by atoms with Crippen molar-refractivity contribution in [3.63, 3.8) is 0 Å². The molecule has 0 saturated carbocycles. The first-order valence-electron chi connectivity index (χ1n) is 4.95. The molecule has 1 fully saturated rings. The largest absolute Gasteiger partial charge is 0.433 e. The van der Waals surface area contributed by atoms with Gasteiger partial charge in [0.15, 0.2) is 4.38 Å². The van der Waals surface area contributed by atoms with Crippen LogP contribution in [0.5, 0.6) is 0 Å². The van der Waals surface area contributed by atoms with E-state index < -0.39 is 6.09 Å². The highest BCUT2D eigenvalue weighted by Gasteiger charge is 2.38. The summed E-state index contributed by atoms with van der Waals surface area (Å²) in [4.78, 5) is 15.6. The minimum absolute atomic E-state index is 0.229. The Morgan fingerprint density at radius 1 is 1.47 bits per heavy atom. The molecule has 0 aromatic heterocycles. The molecule has 0 aromatic carbocycles. The smallest absolute Gasteiger partial charge is 0.323 e. The number of nitrogens with zero attached hydrogens (tertiary/aromatic N) is 3. The Morgan fingerprint density at radius 2 is 2.12 bits per heavy atom. The fourth-order valence-corrected chi connectivity index (χ4v) is 3.68. The Balaban J connectivity index is 2.77. The van der Waals surface area contributed by atoms with Gasteiger partial charge in [-0.05, 0) is 25.6 Å². The average molecular weight is 276 g/mol. The Morgan fingerprint density at radius 3 is 2.65 bits per heavy atom. The number of thioether (sulfide) groups is 2. The summed E-state index contributed by atoms with van der Waals surface area (Å²) in [5, 5.41) is 13.0. The van der Waals surface area contributed by atoms with E-state index in [-0.39, 0.29) is 4.75 Å². The summed E-state index contributed by atoms with van der Waals surface area (Å²) >= 11 is 3.01. The van der Waals surface area contributed by atoms with Crippen LogP contribution in [0.15, 0.2) is 10.3 Å². The number of hydrogen-bond donors (Lipinski definition) is 1. The maximum atomic E-state index is 10.9. The fraction of sp³-hybridized carbons (Fsp3) is 0.667. The molecular weight excluding hydrogens is 260 g/mol. The summed E-state index contributed by atoms with van der Waals surface area (Å²) < 4.78 is 0.660. The third-order valence-corrected chi connectivity index (χ3v) is 4.36. The van der Waals surface area contributed by atoms with Gasteiger partial charge >= 0.3 is 6.09 Å².